The van der Waals surface area contributed by atoms with Gasteiger partial charge in [-0.25, -0.2) is 8.42 Å². The van der Waals surface area contributed by atoms with E-state index >= 15 is 0 Å². The number of aliphatic hydroxyl groups is 1. The third-order valence-corrected chi connectivity index (χ3v) is 5.62. The maximum Gasteiger partial charge on any atom is 0.426 e. The van der Waals surface area contributed by atoms with Crippen molar-refractivity contribution >= 4 is 38.9 Å². The molecule has 7 nitrogen and oxygen atoms in total. The van der Waals surface area contributed by atoms with Gasteiger partial charge >= 0.3 is 6.18 Å². The van der Waals surface area contributed by atoms with Gasteiger partial charge < -0.3 is 15.7 Å². The molecule has 0 aromatic heterocycles. The molecule has 27 heavy (non-hydrogen) atoms. The highest BCUT2D eigenvalue weighted by Crippen LogP contribution is 2.32. The molecule has 152 valence electrons. The highest BCUT2D eigenvalue weighted by Gasteiger charge is 2.55. The first-order valence-corrected chi connectivity index (χ1v) is 9.59. The summed E-state index contributed by atoms with van der Waals surface area (Å²) in [5.74, 6) is -2.36. The Labute approximate surface area is 158 Å². The zero-order valence-corrected chi connectivity index (χ0v) is 15.9. The van der Waals surface area contributed by atoms with Crippen LogP contribution in [0.3, 0.4) is 0 Å². The molecule has 3 N–H and O–H groups in total. The summed E-state index contributed by atoms with van der Waals surface area (Å²) in [5.41, 5.74) is -3.94. The Morgan fingerprint density at radius 2 is 1.85 bits per heavy atom. The summed E-state index contributed by atoms with van der Waals surface area (Å²) in [6, 6.07) is 3.07. The standard InChI is InChI=1S/C15H18ClF3N2O5S/c1-9(22)20-6-3-7-27(25,26)10-4-5-12(11(16)8-10)21-13(23)14(2,24)15(17,18)19/h4-5,8,24H,3,6-7H2,1-2H3,(H,20,22)(H,21,23). The highest BCUT2D eigenvalue weighted by molar-refractivity contribution is 7.91. The van der Waals surface area contributed by atoms with E-state index in [0.717, 1.165) is 18.2 Å². The Kier molecular flexibility index (Phi) is 7.25. The SMILES string of the molecule is CC(=O)NCCCS(=O)(=O)c1ccc(NC(=O)C(C)(O)C(F)(F)F)c(Cl)c1. The molecule has 1 unspecified atom stereocenters. The lowest BCUT2D eigenvalue weighted by Crippen LogP contribution is -2.52. The maximum absolute atomic E-state index is 12.7. The first kappa shape index (κ1) is 23.2. The highest BCUT2D eigenvalue weighted by atomic mass is 35.5. The summed E-state index contributed by atoms with van der Waals surface area (Å²) in [7, 11) is -3.76. The normalized spacial score (nSPS) is 14.3. The van der Waals surface area contributed by atoms with Crippen LogP contribution in [0.2, 0.25) is 5.02 Å². The number of anilines is 1. The molecular formula is C15H18ClF3N2O5S. The van der Waals surface area contributed by atoms with Crippen LogP contribution in [0.25, 0.3) is 0 Å². The number of rotatable bonds is 7. The summed E-state index contributed by atoms with van der Waals surface area (Å²) < 4.78 is 62.4. The largest absolute Gasteiger partial charge is 0.426 e. The zero-order valence-electron chi connectivity index (χ0n) is 14.4. The second kappa shape index (κ2) is 8.44. The van der Waals surface area contributed by atoms with Crippen molar-refractivity contribution in [2.45, 2.75) is 36.9 Å². The number of benzene rings is 1. The van der Waals surface area contributed by atoms with Crippen LogP contribution in [0.15, 0.2) is 23.1 Å². The first-order chi connectivity index (χ1) is 12.2. The fraction of sp³-hybridized carbons (Fsp3) is 0.467. The molecule has 0 heterocycles. The van der Waals surface area contributed by atoms with E-state index in [1.807, 2.05) is 5.32 Å². The molecule has 0 bridgehead atoms. The number of nitrogens with one attached hydrogen (secondary N) is 2. The molecule has 2 amide bonds. The van der Waals surface area contributed by atoms with Gasteiger partial charge in [0.05, 0.1) is 21.4 Å². The number of alkyl halides is 3. The van der Waals surface area contributed by atoms with Crippen LogP contribution < -0.4 is 10.6 Å². The van der Waals surface area contributed by atoms with Crippen LogP contribution in [0.1, 0.15) is 20.3 Å². The summed E-state index contributed by atoms with van der Waals surface area (Å²) in [4.78, 5) is 22.2. The van der Waals surface area contributed by atoms with E-state index in [1.54, 1.807) is 0 Å². The number of amides is 2. The molecule has 1 atom stereocenters. The van der Waals surface area contributed by atoms with Crippen molar-refractivity contribution in [3.8, 4) is 0 Å². The summed E-state index contributed by atoms with van der Waals surface area (Å²) in [6.07, 6.45) is -5.06. The Balaban J connectivity index is 2.90. The minimum Gasteiger partial charge on any atom is -0.373 e. The molecule has 0 aliphatic carbocycles. The van der Waals surface area contributed by atoms with Crippen LogP contribution in [0.5, 0.6) is 0 Å². The monoisotopic (exact) mass is 430 g/mol. The van der Waals surface area contributed by atoms with Crippen molar-refractivity contribution in [2.75, 3.05) is 17.6 Å². The van der Waals surface area contributed by atoms with Crippen LogP contribution in [-0.4, -0.2) is 49.4 Å². The minimum absolute atomic E-state index is 0.145. The van der Waals surface area contributed by atoms with Crippen LogP contribution in [0.4, 0.5) is 18.9 Å². The fourth-order valence-electron chi connectivity index (χ4n) is 1.81. The Morgan fingerprint density at radius 3 is 2.33 bits per heavy atom. The van der Waals surface area contributed by atoms with E-state index in [-0.39, 0.29) is 47.2 Å². The van der Waals surface area contributed by atoms with E-state index in [0.29, 0.717) is 0 Å². The van der Waals surface area contributed by atoms with Crippen LogP contribution >= 0.6 is 11.6 Å². The molecule has 1 rings (SSSR count). The van der Waals surface area contributed by atoms with Crippen LogP contribution in [-0.2, 0) is 19.4 Å². The Hall–Kier alpha value is -1.85. The van der Waals surface area contributed by atoms with Gasteiger partial charge in [-0.05, 0) is 31.5 Å². The molecule has 0 fully saturated rings. The molecule has 0 aliphatic heterocycles. The molecule has 0 saturated heterocycles. The van der Waals surface area contributed by atoms with Gasteiger partial charge in [0.25, 0.3) is 5.91 Å². The van der Waals surface area contributed by atoms with Crippen molar-refractivity contribution in [1.82, 2.24) is 5.32 Å². The second-order valence-electron chi connectivity index (χ2n) is 5.82. The number of hydrogen-bond acceptors (Lipinski definition) is 5. The number of hydrogen-bond donors (Lipinski definition) is 3. The smallest absolute Gasteiger partial charge is 0.373 e. The number of halogens is 4. The predicted molar refractivity (Wildman–Crippen MR) is 92.1 cm³/mol. The lowest BCUT2D eigenvalue weighted by Gasteiger charge is -2.25. The van der Waals surface area contributed by atoms with E-state index in [1.165, 1.54) is 6.92 Å². The molecule has 0 radical (unpaired) electrons. The zero-order chi connectivity index (χ0) is 21.0. The van der Waals surface area contributed by atoms with Gasteiger partial charge in [0.2, 0.25) is 11.5 Å². The first-order valence-electron chi connectivity index (χ1n) is 7.56. The Morgan fingerprint density at radius 1 is 1.26 bits per heavy atom. The second-order valence-corrected chi connectivity index (χ2v) is 8.34. The fourth-order valence-corrected chi connectivity index (χ4v) is 3.43. The van der Waals surface area contributed by atoms with E-state index in [2.05, 4.69) is 5.32 Å². The van der Waals surface area contributed by atoms with E-state index in [4.69, 9.17) is 11.6 Å². The van der Waals surface area contributed by atoms with Crippen molar-refractivity contribution in [3.05, 3.63) is 23.2 Å². The predicted octanol–water partition coefficient (Wildman–Crippen LogP) is 1.89. The Bertz CT molecular complexity index is 825. The average molecular weight is 431 g/mol. The number of carbonyl (C=O) groups excluding carboxylic acids is 2. The summed E-state index contributed by atoms with van der Waals surface area (Å²) in [6.45, 7) is 1.73. The number of sulfone groups is 1. The van der Waals surface area contributed by atoms with Gasteiger partial charge in [-0.3, -0.25) is 9.59 Å². The molecule has 0 spiro atoms. The summed E-state index contributed by atoms with van der Waals surface area (Å²) in [5, 5.41) is 13.3. The lowest BCUT2D eigenvalue weighted by atomic mass is 10.1. The van der Waals surface area contributed by atoms with E-state index < -0.39 is 27.5 Å². The van der Waals surface area contributed by atoms with E-state index in [9.17, 15) is 36.3 Å². The topological polar surface area (TPSA) is 113 Å². The van der Waals surface area contributed by atoms with Gasteiger partial charge in [-0.15, -0.1) is 0 Å². The number of carbonyl (C=O) groups is 2. The average Bonchev–Trinajstić information content (AvgIpc) is 2.52. The molecule has 0 saturated carbocycles. The van der Waals surface area contributed by atoms with Crippen molar-refractivity contribution in [3.63, 3.8) is 0 Å². The molecule has 0 aliphatic rings. The molecule has 1 aromatic rings. The third-order valence-electron chi connectivity index (χ3n) is 3.51. The van der Waals surface area contributed by atoms with Crippen molar-refractivity contribution < 1.29 is 36.3 Å². The van der Waals surface area contributed by atoms with Gasteiger partial charge in [0.15, 0.2) is 9.84 Å². The van der Waals surface area contributed by atoms with Crippen molar-refractivity contribution in [1.29, 1.82) is 0 Å². The third kappa shape index (κ3) is 6.08. The molecule has 1 aromatic carbocycles. The molecular weight excluding hydrogens is 413 g/mol. The maximum atomic E-state index is 12.7. The van der Waals surface area contributed by atoms with Gasteiger partial charge in [0, 0.05) is 13.5 Å². The van der Waals surface area contributed by atoms with Gasteiger partial charge in [-0.2, -0.15) is 13.2 Å². The molecule has 12 heteroatoms. The van der Waals surface area contributed by atoms with Gasteiger partial charge in [-0.1, -0.05) is 11.6 Å². The quantitative estimate of drug-likeness (QED) is 0.572. The minimum atomic E-state index is -5.21. The lowest BCUT2D eigenvalue weighted by molar-refractivity contribution is -0.242. The van der Waals surface area contributed by atoms with Gasteiger partial charge in [0.1, 0.15) is 0 Å². The summed E-state index contributed by atoms with van der Waals surface area (Å²) >= 11 is 5.85. The van der Waals surface area contributed by atoms with Crippen molar-refractivity contribution in [2.24, 2.45) is 0 Å². The van der Waals surface area contributed by atoms with Crippen LogP contribution in [0, 0.1) is 0 Å².